The number of anilines is 2. The van der Waals surface area contributed by atoms with Crippen molar-refractivity contribution in [3.63, 3.8) is 0 Å². The van der Waals surface area contributed by atoms with Gasteiger partial charge < -0.3 is 77.1 Å². The fourth-order valence-electron chi connectivity index (χ4n) is 10.8. The molecule has 0 aromatic heterocycles. The number of unbranched alkanes of at least 4 members (excludes halogenated alkanes) is 5. The zero-order chi connectivity index (χ0) is 57.5. The predicted octanol–water partition coefficient (Wildman–Crippen LogP) is 1.21. The molecule has 0 saturated carbocycles. The summed E-state index contributed by atoms with van der Waals surface area (Å²) in [4.78, 5) is 106. The maximum absolute atomic E-state index is 14.4. The van der Waals surface area contributed by atoms with E-state index in [1.165, 1.54) is 63.0 Å². The van der Waals surface area contributed by atoms with Gasteiger partial charge in [0.05, 0.1) is 24.9 Å². The second-order valence-electron chi connectivity index (χ2n) is 21.7. The van der Waals surface area contributed by atoms with E-state index in [4.69, 9.17) is 10.5 Å². The number of aromatic hydroxyl groups is 1. The first kappa shape index (κ1) is 60.6. The maximum Gasteiger partial charge on any atom is 0.251 e. The number of hydrogen-bond donors (Lipinski definition) is 10. The largest absolute Gasteiger partial charge is 0.508 e. The Morgan fingerprint density at radius 2 is 1.26 bits per heavy atom. The Morgan fingerprint density at radius 3 is 1.88 bits per heavy atom. The Labute approximate surface area is 468 Å². The number of aryl methyl sites for hydroxylation is 1. The van der Waals surface area contributed by atoms with Crippen molar-refractivity contribution >= 4 is 52.7 Å². The number of ether oxygens (including phenoxy) is 1. The fourth-order valence-corrected chi connectivity index (χ4v) is 10.8. The molecule has 22 nitrogen and oxygen atoms in total. The van der Waals surface area contributed by atoms with Gasteiger partial charge in [0.2, 0.25) is 35.4 Å². The molecular formula is C58H82N10O12. The number of hydrogen-bond acceptors (Lipinski definition) is 15. The van der Waals surface area contributed by atoms with Crippen molar-refractivity contribution in [3.05, 3.63) is 83.9 Å². The van der Waals surface area contributed by atoms with Gasteiger partial charge >= 0.3 is 0 Å². The van der Waals surface area contributed by atoms with E-state index in [0.29, 0.717) is 12.2 Å². The van der Waals surface area contributed by atoms with Gasteiger partial charge in [0.25, 0.3) is 5.91 Å². The van der Waals surface area contributed by atoms with Crippen LogP contribution in [0, 0.1) is 0 Å². The minimum absolute atomic E-state index is 0.00579. The summed E-state index contributed by atoms with van der Waals surface area (Å²) in [5.41, 5.74) is 9.23. The number of rotatable bonds is 17. The third-order valence-corrected chi connectivity index (χ3v) is 15.5. The predicted molar refractivity (Wildman–Crippen MR) is 299 cm³/mol. The fraction of sp³-hybridized carbons (Fsp3) is 0.569. The molecule has 3 aromatic carbocycles. The van der Waals surface area contributed by atoms with Gasteiger partial charge in [0.1, 0.15) is 47.8 Å². The average molecular weight is 1110 g/mol. The number of nitrogens with one attached hydrogen (secondary N) is 5. The lowest BCUT2D eigenvalue weighted by molar-refractivity contribution is -0.145. The zero-order valence-corrected chi connectivity index (χ0v) is 46.3. The topological polar surface area (TPSA) is 309 Å². The van der Waals surface area contributed by atoms with Crippen molar-refractivity contribution in [1.29, 1.82) is 0 Å². The van der Waals surface area contributed by atoms with E-state index >= 15 is 0 Å². The Bertz CT molecular complexity index is 2560. The Balaban J connectivity index is 1.05. The second kappa shape index (κ2) is 28.9. The van der Waals surface area contributed by atoms with Crippen LogP contribution in [0.1, 0.15) is 107 Å². The molecule has 4 aliphatic heterocycles. The highest BCUT2D eigenvalue weighted by molar-refractivity contribution is 6.00. The highest BCUT2D eigenvalue weighted by Gasteiger charge is 2.46. The van der Waals surface area contributed by atoms with Gasteiger partial charge in [-0.15, -0.1) is 0 Å². The molecule has 80 heavy (non-hydrogen) atoms. The van der Waals surface area contributed by atoms with Crippen LogP contribution in [0.4, 0.5) is 11.4 Å². The molecule has 4 heterocycles. The first-order valence-electron chi connectivity index (χ1n) is 28.4. The van der Waals surface area contributed by atoms with Crippen molar-refractivity contribution in [2.24, 2.45) is 5.73 Å². The number of aliphatic hydroxyl groups excluding tert-OH is 3. The van der Waals surface area contributed by atoms with Gasteiger partial charge in [-0.05, 0) is 119 Å². The third kappa shape index (κ3) is 16.3. The van der Waals surface area contributed by atoms with Crippen LogP contribution in [0.2, 0.25) is 0 Å². The van der Waals surface area contributed by atoms with Crippen LogP contribution in [0.3, 0.4) is 0 Å². The van der Waals surface area contributed by atoms with Gasteiger partial charge in [-0.25, -0.2) is 0 Å². The molecule has 0 spiro atoms. The average Bonchev–Trinajstić information content (AvgIpc) is 4.05. The SMILES string of the molecule is CCCCCCCCOc1ccc(N2CCN(c3ccc(C(=O)N[C@H]4CCCNC(=O)[C@@H]5C[C@H](N)CN5C(=O)[C@H]([C@@H](C)O)NC(=O)[C@H](CCc5ccc(O)cc5)NC(=O)[C@@H]5C[C@@H](O)CN5C(=O)[C@H]([C@@H](C)O)NC4=O)cc3)CC2)cc1. The molecule has 0 aliphatic carbocycles. The molecule has 22 heteroatoms. The number of aliphatic hydroxyl groups is 3. The van der Waals surface area contributed by atoms with Crippen molar-refractivity contribution in [2.75, 3.05) is 62.2 Å². The van der Waals surface area contributed by atoms with Crippen LogP contribution in [0.25, 0.3) is 0 Å². The number of fused-ring (bicyclic) bond motifs is 2. The summed E-state index contributed by atoms with van der Waals surface area (Å²) in [7, 11) is 0. The minimum Gasteiger partial charge on any atom is -0.508 e. The molecule has 7 rings (SSSR count). The quantitative estimate of drug-likeness (QED) is 0.0850. The van der Waals surface area contributed by atoms with E-state index in [0.717, 1.165) is 54.6 Å². The normalized spacial score (nSPS) is 25.5. The highest BCUT2D eigenvalue weighted by Crippen LogP contribution is 2.26. The summed E-state index contributed by atoms with van der Waals surface area (Å²) in [5, 5.41) is 56.1. The van der Waals surface area contributed by atoms with Crippen molar-refractivity contribution in [1.82, 2.24) is 36.4 Å². The zero-order valence-electron chi connectivity index (χ0n) is 46.3. The number of nitrogens with two attached hydrogens (primary N) is 1. The van der Waals surface area contributed by atoms with Crippen LogP contribution in [0.15, 0.2) is 72.8 Å². The van der Waals surface area contributed by atoms with Crippen LogP contribution in [-0.4, -0.2) is 185 Å². The summed E-state index contributed by atoms with van der Waals surface area (Å²) in [6.07, 6.45) is 2.92. The van der Waals surface area contributed by atoms with Crippen molar-refractivity contribution in [2.45, 2.75) is 158 Å². The minimum atomic E-state index is -1.67. The molecule has 4 aliphatic rings. The number of nitrogens with zero attached hydrogens (tertiary/aromatic N) is 4. The van der Waals surface area contributed by atoms with Crippen LogP contribution in [0.5, 0.6) is 11.5 Å². The van der Waals surface area contributed by atoms with Crippen LogP contribution < -0.4 is 46.9 Å². The van der Waals surface area contributed by atoms with Gasteiger partial charge in [-0.2, -0.15) is 0 Å². The monoisotopic (exact) mass is 1110 g/mol. The second-order valence-corrected chi connectivity index (χ2v) is 21.7. The molecule has 4 saturated heterocycles. The third-order valence-electron chi connectivity index (χ3n) is 15.5. The Kier molecular flexibility index (Phi) is 21.9. The number of carbonyl (C=O) groups excluding carboxylic acids is 7. The number of phenols is 1. The molecule has 4 fully saturated rings. The molecule has 7 amide bonds. The lowest BCUT2D eigenvalue weighted by Gasteiger charge is -2.37. The highest BCUT2D eigenvalue weighted by atomic mass is 16.5. The van der Waals surface area contributed by atoms with Gasteiger partial charge in [0, 0.05) is 75.2 Å². The van der Waals surface area contributed by atoms with Crippen molar-refractivity contribution in [3.8, 4) is 11.5 Å². The number of carbonyl (C=O) groups is 7. The summed E-state index contributed by atoms with van der Waals surface area (Å²) in [6.45, 7) is 8.01. The summed E-state index contributed by atoms with van der Waals surface area (Å²) >= 11 is 0. The summed E-state index contributed by atoms with van der Waals surface area (Å²) < 4.78 is 5.99. The van der Waals surface area contributed by atoms with Gasteiger partial charge in [-0.3, -0.25) is 33.6 Å². The molecular weight excluding hydrogens is 1030 g/mol. The standard InChI is InChI=1S/C58H82N10O12/c1-4-5-6-7-8-9-31-80-45-23-19-42(20-24-45)66-29-27-65(28-30-66)41-17-15-39(16-18-41)52(73)61-46-11-10-26-60-55(76)48-32-40(59)34-67(48)57(78)50(36(2)69)64-54(75)47(25-14-38-12-21-43(71)22-13-38)62-56(77)49-33-44(72)35-68(49)58(79)51(37(3)70)63-53(46)74/h12-13,15-24,36-37,40,44,46-51,69-72H,4-11,14,25-35,59H2,1-3H3,(H,60,76)(H,61,73)(H,62,77)(H,63,74)(H,64,75)/t36-,37-,40+,44-,46+,47+,48+,49+,50+,51+/m1/s1. The van der Waals surface area contributed by atoms with E-state index in [-0.39, 0.29) is 69.5 Å². The lowest BCUT2D eigenvalue weighted by atomic mass is 10.0. The number of phenolic OH excluding ortho intramolecular Hbond substituents is 1. The lowest BCUT2D eigenvalue weighted by Crippen LogP contribution is -2.61. The van der Waals surface area contributed by atoms with E-state index in [9.17, 15) is 54.0 Å². The number of amides is 7. The smallest absolute Gasteiger partial charge is 0.251 e. The number of benzene rings is 3. The first-order valence-corrected chi connectivity index (χ1v) is 28.4. The maximum atomic E-state index is 14.4. The van der Waals surface area contributed by atoms with Gasteiger partial charge in [-0.1, -0.05) is 51.2 Å². The molecule has 0 bridgehead atoms. The Morgan fingerprint density at radius 1 is 0.700 bits per heavy atom. The first-order chi connectivity index (χ1) is 38.4. The molecule has 0 radical (unpaired) electrons. The molecule has 11 N–H and O–H groups in total. The van der Waals surface area contributed by atoms with Crippen LogP contribution >= 0.6 is 0 Å². The van der Waals surface area contributed by atoms with E-state index < -0.39 is 102 Å². The number of piperazine rings is 1. The van der Waals surface area contributed by atoms with E-state index in [1.54, 1.807) is 24.3 Å². The molecule has 436 valence electrons. The van der Waals surface area contributed by atoms with Gasteiger partial charge in [0.15, 0.2) is 0 Å². The molecule has 10 atom stereocenters. The molecule has 3 aromatic rings. The van der Waals surface area contributed by atoms with Crippen molar-refractivity contribution < 1.29 is 58.7 Å². The molecule has 0 unspecified atom stereocenters. The van der Waals surface area contributed by atoms with E-state index in [2.05, 4.69) is 55.4 Å². The summed E-state index contributed by atoms with van der Waals surface area (Å²) in [5.74, 6) is -4.65. The summed E-state index contributed by atoms with van der Waals surface area (Å²) in [6, 6.07) is 12.2. The van der Waals surface area contributed by atoms with Crippen LogP contribution in [-0.2, 0) is 35.2 Å². The Hall–Kier alpha value is -7.01. The van der Waals surface area contributed by atoms with E-state index in [1.807, 2.05) is 24.3 Å².